The van der Waals surface area contributed by atoms with E-state index in [1.54, 1.807) is 18.6 Å². The minimum atomic E-state index is 0.677. The second kappa shape index (κ2) is 4.57. The van der Waals surface area contributed by atoms with Gasteiger partial charge in [0.15, 0.2) is 0 Å². The van der Waals surface area contributed by atoms with Crippen LogP contribution >= 0.6 is 0 Å². The summed E-state index contributed by atoms with van der Waals surface area (Å²) in [4.78, 5) is 7.98. The molecule has 2 N–H and O–H groups in total. The first kappa shape index (κ1) is 7.88. The molecule has 3 nitrogen and oxygen atoms in total. The normalized spacial score (nSPS) is 10.6. The van der Waals surface area contributed by atoms with E-state index in [1.807, 2.05) is 12.2 Å². The lowest BCUT2D eigenvalue weighted by Gasteiger charge is -1.88. The van der Waals surface area contributed by atoms with Crippen LogP contribution in [0, 0.1) is 0 Å². The quantitative estimate of drug-likeness (QED) is 0.692. The van der Waals surface area contributed by atoms with Gasteiger partial charge in [-0.1, -0.05) is 6.08 Å². The summed E-state index contributed by atoms with van der Waals surface area (Å²) in [5.41, 5.74) is 6.18. The highest BCUT2D eigenvalue weighted by atomic mass is 14.7. The molecular formula is C8H11N3. The number of hydrogen-bond acceptors (Lipinski definition) is 3. The summed E-state index contributed by atoms with van der Waals surface area (Å²) in [6.07, 6.45) is 9.83. The van der Waals surface area contributed by atoms with Gasteiger partial charge in [-0.2, -0.15) is 0 Å². The maximum atomic E-state index is 5.31. The van der Waals surface area contributed by atoms with Gasteiger partial charge in [0.05, 0.1) is 11.9 Å². The molecule has 0 fully saturated rings. The van der Waals surface area contributed by atoms with Gasteiger partial charge in [-0.15, -0.1) is 0 Å². The van der Waals surface area contributed by atoms with Crippen LogP contribution in [0.4, 0.5) is 0 Å². The minimum Gasteiger partial charge on any atom is -0.330 e. The molecule has 11 heavy (non-hydrogen) atoms. The van der Waals surface area contributed by atoms with Crippen LogP contribution in [0.25, 0.3) is 6.08 Å². The number of hydrogen-bond donors (Lipinski definition) is 1. The third-order valence-electron chi connectivity index (χ3n) is 1.21. The van der Waals surface area contributed by atoms with E-state index in [-0.39, 0.29) is 0 Å². The Labute approximate surface area is 66.0 Å². The molecule has 58 valence electrons. The largest absolute Gasteiger partial charge is 0.330 e. The van der Waals surface area contributed by atoms with Gasteiger partial charge in [-0.3, -0.25) is 9.97 Å². The van der Waals surface area contributed by atoms with Gasteiger partial charge in [0.1, 0.15) is 0 Å². The first-order valence-electron chi connectivity index (χ1n) is 3.56. The number of nitrogens with zero attached hydrogens (tertiary/aromatic N) is 2. The average molecular weight is 149 g/mol. The lowest BCUT2D eigenvalue weighted by atomic mass is 10.3. The summed E-state index contributed by atoms with van der Waals surface area (Å²) in [6, 6.07) is 0. The van der Waals surface area contributed by atoms with Gasteiger partial charge in [-0.25, -0.2) is 0 Å². The fourth-order valence-electron chi connectivity index (χ4n) is 0.697. The van der Waals surface area contributed by atoms with Crippen molar-refractivity contribution in [3.63, 3.8) is 0 Å². The van der Waals surface area contributed by atoms with Crippen molar-refractivity contribution >= 4 is 6.08 Å². The maximum Gasteiger partial charge on any atom is 0.0809 e. The van der Waals surface area contributed by atoms with E-state index >= 15 is 0 Å². The molecule has 0 saturated carbocycles. The monoisotopic (exact) mass is 149 g/mol. The van der Waals surface area contributed by atoms with E-state index < -0.39 is 0 Å². The molecule has 1 aromatic rings. The molecule has 0 atom stereocenters. The Morgan fingerprint density at radius 2 is 2.36 bits per heavy atom. The number of rotatable bonds is 3. The number of aromatic nitrogens is 2. The van der Waals surface area contributed by atoms with Crippen molar-refractivity contribution in [3.8, 4) is 0 Å². The van der Waals surface area contributed by atoms with Crippen LogP contribution in [0.15, 0.2) is 24.7 Å². The highest BCUT2D eigenvalue weighted by Crippen LogP contribution is 1.93. The lowest BCUT2D eigenvalue weighted by Crippen LogP contribution is -1.95. The van der Waals surface area contributed by atoms with E-state index in [0.717, 1.165) is 12.1 Å². The molecule has 1 aromatic heterocycles. The Balaban J connectivity index is 2.50. The standard InChI is InChI=1S/C8H11N3/c9-4-2-1-3-8-7-10-5-6-11-8/h1,3,5-7H,2,4,9H2. The molecule has 0 spiro atoms. The van der Waals surface area contributed by atoms with Crippen molar-refractivity contribution in [1.82, 2.24) is 9.97 Å². The van der Waals surface area contributed by atoms with Crippen LogP contribution < -0.4 is 5.73 Å². The van der Waals surface area contributed by atoms with Crippen molar-refractivity contribution in [2.24, 2.45) is 5.73 Å². The van der Waals surface area contributed by atoms with Gasteiger partial charge in [0, 0.05) is 12.4 Å². The van der Waals surface area contributed by atoms with E-state index in [1.165, 1.54) is 0 Å². The molecule has 1 heterocycles. The summed E-state index contributed by atoms with van der Waals surface area (Å²) >= 11 is 0. The predicted molar refractivity (Wildman–Crippen MR) is 44.7 cm³/mol. The number of nitrogens with two attached hydrogens (primary N) is 1. The van der Waals surface area contributed by atoms with E-state index in [9.17, 15) is 0 Å². The first-order valence-corrected chi connectivity index (χ1v) is 3.56. The molecule has 0 aliphatic rings. The highest BCUT2D eigenvalue weighted by molar-refractivity contribution is 5.42. The first-order chi connectivity index (χ1) is 5.43. The Morgan fingerprint density at radius 1 is 1.45 bits per heavy atom. The zero-order valence-electron chi connectivity index (χ0n) is 6.27. The second-order valence-electron chi connectivity index (χ2n) is 2.11. The van der Waals surface area contributed by atoms with Gasteiger partial charge >= 0.3 is 0 Å². The SMILES string of the molecule is NCCC=Cc1cnccn1. The fraction of sp³-hybridized carbons (Fsp3) is 0.250. The van der Waals surface area contributed by atoms with Crippen molar-refractivity contribution in [2.75, 3.05) is 6.54 Å². The molecule has 1 rings (SSSR count). The Kier molecular flexibility index (Phi) is 3.28. The third kappa shape index (κ3) is 2.91. The average Bonchev–Trinajstić information content (AvgIpc) is 2.07. The van der Waals surface area contributed by atoms with Crippen LogP contribution in [-0.4, -0.2) is 16.5 Å². The topological polar surface area (TPSA) is 51.8 Å². The van der Waals surface area contributed by atoms with Crippen molar-refractivity contribution in [3.05, 3.63) is 30.4 Å². The second-order valence-corrected chi connectivity index (χ2v) is 2.11. The minimum absolute atomic E-state index is 0.677. The Bertz CT molecular complexity index is 218. The van der Waals surface area contributed by atoms with Crippen molar-refractivity contribution in [2.45, 2.75) is 6.42 Å². The molecule has 0 amide bonds. The molecule has 0 aliphatic carbocycles. The molecule has 0 aliphatic heterocycles. The highest BCUT2D eigenvalue weighted by Gasteiger charge is 1.82. The molecule has 0 saturated heterocycles. The summed E-state index contributed by atoms with van der Waals surface area (Å²) < 4.78 is 0. The molecule has 0 bridgehead atoms. The molecule has 3 heteroatoms. The lowest BCUT2D eigenvalue weighted by molar-refractivity contribution is 1.01. The molecule has 0 radical (unpaired) electrons. The zero-order valence-corrected chi connectivity index (χ0v) is 6.27. The van der Waals surface area contributed by atoms with Crippen molar-refractivity contribution < 1.29 is 0 Å². The van der Waals surface area contributed by atoms with Crippen molar-refractivity contribution in [1.29, 1.82) is 0 Å². The predicted octanol–water partition coefficient (Wildman–Crippen LogP) is 0.839. The van der Waals surface area contributed by atoms with Gasteiger partial charge in [0.2, 0.25) is 0 Å². The summed E-state index contributed by atoms with van der Waals surface area (Å²) in [6.45, 7) is 0.677. The summed E-state index contributed by atoms with van der Waals surface area (Å²) in [5.74, 6) is 0. The smallest absolute Gasteiger partial charge is 0.0809 e. The molecule has 0 unspecified atom stereocenters. The molecule has 0 aromatic carbocycles. The Morgan fingerprint density at radius 3 is 3.00 bits per heavy atom. The Hall–Kier alpha value is -1.22. The van der Waals surface area contributed by atoms with E-state index in [2.05, 4.69) is 9.97 Å². The fourth-order valence-corrected chi connectivity index (χ4v) is 0.697. The van der Waals surface area contributed by atoms with Crippen LogP contribution in [0.5, 0.6) is 0 Å². The van der Waals surface area contributed by atoms with E-state index in [4.69, 9.17) is 5.73 Å². The van der Waals surface area contributed by atoms with Crippen LogP contribution in [-0.2, 0) is 0 Å². The van der Waals surface area contributed by atoms with Gasteiger partial charge < -0.3 is 5.73 Å². The zero-order chi connectivity index (χ0) is 7.94. The summed E-state index contributed by atoms with van der Waals surface area (Å²) in [5, 5.41) is 0. The van der Waals surface area contributed by atoms with Crippen LogP contribution in [0.1, 0.15) is 12.1 Å². The van der Waals surface area contributed by atoms with Crippen LogP contribution in [0.3, 0.4) is 0 Å². The maximum absolute atomic E-state index is 5.31. The van der Waals surface area contributed by atoms with Gasteiger partial charge in [-0.05, 0) is 19.0 Å². The van der Waals surface area contributed by atoms with Crippen LogP contribution in [0.2, 0.25) is 0 Å². The summed E-state index contributed by atoms with van der Waals surface area (Å²) in [7, 11) is 0. The third-order valence-corrected chi connectivity index (χ3v) is 1.21. The molecular weight excluding hydrogens is 138 g/mol. The van der Waals surface area contributed by atoms with E-state index in [0.29, 0.717) is 6.54 Å². The van der Waals surface area contributed by atoms with Gasteiger partial charge in [0.25, 0.3) is 0 Å².